The molecule has 0 amide bonds. The summed E-state index contributed by atoms with van der Waals surface area (Å²) < 4.78 is 18.5. The van der Waals surface area contributed by atoms with Gasteiger partial charge in [0.05, 0.1) is 4.92 Å². The van der Waals surface area contributed by atoms with E-state index in [1.165, 1.54) is 30.3 Å². The van der Waals surface area contributed by atoms with Gasteiger partial charge >= 0.3 is 5.69 Å². The smallest absolute Gasteiger partial charge is 0.314 e. The number of nitrogens with zero attached hydrogens (tertiary/aromatic N) is 1. The highest BCUT2D eigenvalue weighted by molar-refractivity contribution is 6.30. The maximum absolute atomic E-state index is 13.6. The minimum absolute atomic E-state index is 0.318. The molecule has 108 valence electrons. The number of Topliss-reactive ketones (excluding diaryl/α,β-unsaturated/α-hetero) is 1. The van der Waals surface area contributed by atoms with Crippen LogP contribution in [0.5, 0.6) is 5.75 Å². The number of hydrogen-bond acceptors (Lipinski definition) is 4. The summed E-state index contributed by atoms with van der Waals surface area (Å²) in [5.74, 6) is -1.89. The molecule has 0 aliphatic carbocycles. The highest BCUT2D eigenvalue weighted by atomic mass is 35.5. The monoisotopic (exact) mass is 309 g/mol. The normalized spacial score (nSPS) is 10.2. The lowest BCUT2D eigenvalue weighted by atomic mass is 10.1. The first kappa shape index (κ1) is 14.9. The van der Waals surface area contributed by atoms with E-state index in [4.69, 9.17) is 16.3 Å². The van der Waals surface area contributed by atoms with Gasteiger partial charge < -0.3 is 4.74 Å². The van der Waals surface area contributed by atoms with Crippen molar-refractivity contribution in [2.75, 3.05) is 6.61 Å². The Balaban J connectivity index is 2.15. The Morgan fingerprint density at radius 1 is 1.24 bits per heavy atom. The van der Waals surface area contributed by atoms with Crippen LogP contribution in [0.4, 0.5) is 10.1 Å². The van der Waals surface area contributed by atoms with Crippen LogP contribution in [0, 0.1) is 15.9 Å². The molecule has 21 heavy (non-hydrogen) atoms. The summed E-state index contributed by atoms with van der Waals surface area (Å²) in [7, 11) is 0. The third kappa shape index (κ3) is 3.55. The Kier molecular flexibility index (Phi) is 4.49. The summed E-state index contributed by atoms with van der Waals surface area (Å²) in [6.45, 7) is -0.511. The maximum atomic E-state index is 13.6. The lowest BCUT2D eigenvalue weighted by Gasteiger charge is -2.07. The van der Waals surface area contributed by atoms with Gasteiger partial charge in [0.25, 0.3) is 0 Å². The van der Waals surface area contributed by atoms with Gasteiger partial charge in [0.15, 0.2) is 18.2 Å². The van der Waals surface area contributed by atoms with Gasteiger partial charge in [-0.15, -0.1) is 0 Å². The van der Waals surface area contributed by atoms with Crippen LogP contribution < -0.4 is 4.74 Å². The highest BCUT2D eigenvalue weighted by Gasteiger charge is 2.20. The Bertz CT molecular complexity index is 688. The predicted octanol–water partition coefficient (Wildman–Crippen LogP) is 3.65. The van der Waals surface area contributed by atoms with Crippen molar-refractivity contribution in [3.63, 3.8) is 0 Å². The standard InChI is InChI=1S/C14H9ClFNO4/c15-10-6-4-9(5-7-10)13(18)8-21-14-11(16)2-1-3-12(14)17(19)20/h1-7H,8H2. The van der Waals surface area contributed by atoms with Gasteiger partial charge in [-0.1, -0.05) is 17.7 Å². The number of para-hydroxylation sites is 1. The van der Waals surface area contributed by atoms with E-state index in [9.17, 15) is 19.3 Å². The molecule has 7 heteroatoms. The molecule has 0 aromatic heterocycles. The van der Waals surface area contributed by atoms with Crippen molar-refractivity contribution in [2.24, 2.45) is 0 Å². The lowest BCUT2D eigenvalue weighted by molar-refractivity contribution is -0.386. The molecule has 0 saturated heterocycles. The van der Waals surface area contributed by atoms with Crippen LogP contribution >= 0.6 is 11.6 Å². The summed E-state index contributed by atoms with van der Waals surface area (Å²) in [5.41, 5.74) is -0.211. The zero-order valence-electron chi connectivity index (χ0n) is 10.6. The topological polar surface area (TPSA) is 69.4 Å². The first-order valence-electron chi connectivity index (χ1n) is 5.83. The van der Waals surface area contributed by atoms with Crippen molar-refractivity contribution in [3.05, 3.63) is 69.0 Å². The molecule has 0 aliphatic rings. The van der Waals surface area contributed by atoms with Crippen molar-refractivity contribution in [1.82, 2.24) is 0 Å². The molecular weight excluding hydrogens is 301 g/mol. The first-order valence-corrected chi connectivity index (χ1v) is 6.21. The van der Waals surface area contributed by atoms with Gasteiger partial charge in [0.1, 0.15) is 0 Å². The third-order valence-electron chi connectivity index (χ3n) is 2.66. The Morgan fingerprint density at radius 3 is 2.52 bits per heavy atom. The molecule has 2 aromatic carbocycles. The largest absolute Gasteiger partial charge is 0.476 e. The van der Waals surface area contributed by atoms with Gasteiger partial charge in [-0.05, 0) is 30.3 Å². The van der Waals surface area contributed by atoms with Gasteiger partial charge in [-0.3, -0.25) is 14.9 Å². The Hall–Kier alpha value is -2.47. The van der Waals surface area contributed by atoms with Gasteiger partial charge in [-0.2, -0.15) is 0 Å². The molecule has 0 unspecified atom stereocenters. The van der Waals surface area contributed by atoms with Gasteiger partial charge in [0.2, 0.25) is 5.75 Å². The second-order valence-electron chi connectivity index (χ2n) is 4.06. The molecule has 5 nitrogen and oxygen atoms in total. The second kappa shape index (κ2) is 6.32. The summed E-state index contributed by atoms with van der Waals surface area (Å²) in [6, 6.07) is 9.36. The van der Waals surface area contributed by atoms with Gasteiger partial charge in [0, 0.05) is 16.7 Å². The molecule has 0 bridgehead atoms. The zero-order valence-corrected chi connectivity index (χ0v) is 11.3. The van der Waals surface area contributed by atoms with E-state index >= 15 is 0 Å². The van der Waals surface area contributed by atoms with Crippen LogP contribution in [-0.2, 0) is 0 Å². The molecule has 0 radical (unpaired) electrons. The van der Waals surface area contributed by atoms with E-state index in [0.29, 0.717) is 10.6 Å². The number of rotatable bonds is 5. The molecule has 2 aromatic rings. The third-order valence-corrected chi connectivity index (χ3v) is 2.91. The predicted molar refractivity (Wildman–Crippen MR) is 74.3 cm³/mol. The van der Waals surface area contributed by atoms with E-state index in [-0.39, 0.29) is 0 Å². The minimum Gasteiger partial charge on any atom is -0.476 e. The number of carbonyl (C=O) groups is 1. The molecule has 0 fully saturated rings. The average Bonchev–Trinajstić information content (AvgIpc) is 2.46. The van der Waals surface area contributed by atoms with E-state index in [1.54, 1.807) is 0 Å². The number of carbonyl (C=O) groups excluding carboxylic acids is 1. The van der Waals surface area contributed by atoms with E-state index in [0.717, 1.165) is 12.1 Å². The van der Waals surface area contributed by atoms with E-state index in [2.05, 4.69) is 0 Å². The van der Waals surface area contributed by atoms with Crippen LogP contribution in [0.15, 0.2) is 42.5 Å². The summed E-state index contributed by atoms with van der Waals surface area (Å²) in [5, 5.41) is 11.3. The van der Waals surface area contributed by atoms with E-state index in [1.807, 2.05) is 0 Å². The fourth-order valence-corrected chi connectivity index (χ4v) is 1.77. The van der Waals surface area contributed by atoms with Crippen molar-refractivity contribution < 1.29 is 18.8 Å². The molecule has 0 spiro atoms. The minimum atomic E-state index is -0.895. The quantitative estimate of drug-likeness (QED) is 0.480. The van der Waals surface area contributed by atoms with Crippen molar-refractivity contribution in [3.8, 4) is 5.75 Å². The van der Waals surface area contributed by atoms with Crippen molar-refractivity contribution in [1.29, 1.82) is 0 Å². The highest BCUT2D eigenvalue weighted by Crippen LogP contribution is 2.29. The maximum Gasteiger partial charge on any atom is 0.314 e. The molecule has 0 N–H and O–H groups in total. The first-order chi connectivity index (χ1) is 9.99. The van der Waals surface area contributed by atoms with Crippen LogP contribution in [0.25, 0.3) is 0 Å². The Morgan fingerprint density at radius 2 is 1.90 bits per heavy atom. The van der Waals surface area contributed by atoms with Crippen LogP contribution in [0.2, 0.25) is 5.02 Å². The summed E-state index contributed by atoms with van der Waals surface area (Å²) in [4.78, 5) is 21.9. The number of ketones is 1. The van der Waals surface area contributed by atoms with Crippen LogP contribution in [0.3, 0.4) is 0 Å². The number of benzene rings is 2. The number of halogens is 2. The van der Waals surface area contributed by atoms with Crippen molar-refractivity contribution in [2.45, 2.75) is 0 Å². The average molecular weight is 310 g/mol. The molecule has 2 rings (SSSR count). The van der Waals surface area contributed by atoms with Crippen LogP contribution in [0.1, 0.15) is 10.4 Å². The molecule has 0 atom stereocenters. The Labute approximate surface area is 124 Å². The second-order valence-corrected chi connectivity index (χ2v) is 4.50. The fourth-order valence-electron chi connectivity index (χ4n) is 1.64. The number of nitro groups is 1. The van der Waals surface area contributed by atoms with Crippen molar-refractivity contribution >= 4 is 23.1 Å². The number of ether oxygens (including phenoxy) is 1. The molecule has 0 aliphatic heterocycles. The van der Waals surface area contributed by atoms with Crippen LogP contribution in [-0.4, -0.2) is 17.3 Å². The molecular formula is C14H9ClFNO4. The number of nitro benzene ring substituents is 1. The summed E-state index contributed by atoms with van der Waals surface area (Å²) >= 11 is 5.70. The van der Waals surface area contributed by atoms with E-state index < -0.39 is 34.6 Å². The zero-order chi connectivity index (χ0) is 15.4. The lowest BCUT2D eigenvalue weighted by Crippen LogP contribution is -2.13. The summed E-state index contributed by atoms with van der Waals surface area (Å²) in [6.07, 6.45) is 0. The SMILES string of the molecule is O=C(COc1c(F)cccc1[N+](=O)[O-])c1ccc(Cl)cc1. The fraction of sp³-hybridized carbons (Fsp3) is 0.0714. The molecule has 0 heterocycles. The number of hydrogen-bond donors (Lipinski definition) is 0. The van der Waals surface area contributed by atoms with Gasteiger partial charge in [-0.25, -0.2) is 4.39 Å². The molecule has 0 saturated carbocycles.